The Bertz CT molecular complexity index is 1260. The van der Waals surface area contributed by atoms with Crippen LogP contribution in [0.2, 0.25) is 0 Å². The Hall–Kier alpha value is -3.65. The zero-order chi connectivity index (χ0) is 21.8. The third-order valence-electron chi connectivity index (χ3n) is 4.85. The summed E-state index contributed by atoms with van der Waals surface area (Å²) in [6.45, 7) is 1.49. The van der Waals surface area contributed by atoms with Gasteiger partial charge in [0.2, 0.25) is 11.1 Å². The summed E-state index contributed by atoms with van der Waals surface area (Å²) in [6, 6.07) is 21.1. The third kappa shape index (κ3) is 4.75. The van der Waals surface area contributed by atoms with Crippen molar-refractivity contribution >= 4 is 39.9 Å². The predicted octanol–water partition coefficient (Wildman–Crippen LogP) is 3.67. The molecule has 0 fully saturated rings. The molecule has 31 heavy (non-hydrogen) atoms. The first kappa shape index (κ1) is 20.6. The van der Waals surface area contributed by atoms with E-state index in [9.17, 15) is 9.59 Å². The van der Waals surface area contributed by atoms with Crippen LogP contribution >= 0.6 is 11.8 Å². The molecule has 0 unspecified atom stereocenters. The molecule has 1 heterocycles. The molecule has 3 aromatic carbocycles. The van der Waals surface area contributed by atoms with E-state index in [0.717, 1.165) is 16.3 Å². The van der Waals surface area contributed by atoms with Gasteiger partial charge in [0, 0.05) is 17.7 Å². The molecule has 0 radical (unpaired) electrons. The van der Waals surface area contributed by atoms with Gasteiger partial charge in [-0.1, -0.05) is 66.4 Å². The van der Waals surface area contributed by atoms with E-state index in [-0.39, 0.29) is 17.4 Å². The second-order valence-electron chi connectivity index (χ2n) is 7.06. The summed E-state index contributed by atoms with van der Waals surface area (Å²) >= 11 is 1.21. The van der Waals surface area contributed by atoms with E-state index < -0.39 is 0 Å². The molecule has 0 spiro atoms. The molecule has 4 aromatic rings. The molecular weight excluding hydrogens is 410 g/mol. The number of Topliss-reactive ketones (excluding diaryl/α,β-unsaturated/α-hetero) is 1. The van der Waals surface area contributed by atoms with Crippen LogP contribution in [0.5, 0.6) is 0 Å². The molecule has 1 aromatic heterocycles. The topological polar surface area (TPSA) is 103 Å². The molecule has 0 atom stereocenters. The first-order valence-corrected chi connectivity index (χ1v) is 10.7. The van der Waals surface area contributed by atoms with E-state index >= 15 is 0 Å². The lowest BCUT2D eigenvalue weighted by Crippen LogP contribution is -2.17. The fourth-order valence-corrected chi connectivity index (χ4v) is 3.96. The van der Waals surface area contributed by atoms with Crippen molar-refractivity contribution in [2.75, 3.05) is 16.9 Å². The molecule has 7 nitrogen and oxygen atoms in total. The maximum Gasteiger partial charge on any atom is 0.234 e. The van der Waals surface area contributed by atoms with Crippen LogP contribution in [0.15, 0.2) is 71.9 Å². The van der Waals surface area contributed by atoms with Gasteiger partial charge in [-0.3, -0.25) is 9.59 Å². The molecule has 0 aliphatic carbocycles. The number of anilines is 1. The van der Waals surface area contributed by atoms with Gasteiger partial charge in [0.1, 0.15) is 0 Å². The maximum absolute atomic E-state index is 12.3. The number of hydrogen-bond acceptors (Lipinski definition) is 6. The minimum Gasteiger partial charge on any atom is -0.336 e. The summed E-state index contributed by atoms with van der Waals surface area (Å²) in [4.78, 5) is 23.8. The van der Waals surface area contributed by atoms with Crippen LogP contribution in [-0.4, -0.2) is 32.3 Å². The average Bonchev–Trinajstić information content (AvgIpc) is 3.12. The highest BCUT2D eigenvalue weighted by Crippen LogP contribution is 2.22. The number of benzene rings is 3. The number of thioether (sulfide) groups is 1. The van der Waals surface area contributed by atoms with Crippen LogP contribution in [0.1, 0.15) is 28.7 Å². The second-order valence-corrected chi connectivity index (χ2v) is 8.00. The van der Waals surface area contributed by atoms with Crippen LogP contribution in [0.3, 0.4) is 0 Å². The standard InChI is InChI=1S/C23H21N5O2S/c1-15(29)17-8-5-10-19(12-17)25-22(30)14-31-23-27-26-21(28(23)24)13-18-9-4-7-16-6-2-3-11-20(16)18/h2-12H,13-14,24H2,1H3,(H,25,30). The number of aromatic nitrogens is 3. The highest BCUT2D eigenvalue weighted by Gasteiger charge is 2.14. The number of carbonyl (C=O) groups excluding carboxylic acids is 2. The van der Waals surface area contributed by atoms with Crippen molar-refractivity contribution in [3.8, 4) is 0 Å². The average molecular weight is 432 g/mol. The van der Waals surface area contributed by atoms with Crippen LogP contribution < -0.4 is 11.2 Å². The Morgan fingerprint density at radius 3 is 2.65 bits per heavy atom. The molecule has 0 aliphatic heterocycles. The minimum atomic E-state index is -0.218. The molecule has 8 heteroatoms. The lowest BCUT2D eigenvalue weighted by Gasteiger charge is -2.08. The van der Waals surface area contributed by atoms with Crippen molar-refractivity contribution in [2.24, 2.45) is 0 Å². The van der Waals surface area contributed by atoms with Crippen LogP contribution in [0, 0.1) is 0 Å². The summed E-state index contributed by atoms with van der Waals surface area (Å²) in [5.41, 5.74) is 2.23. The molecule has 0 saturated carbocycles. The van der Waals surface area contributed by atoms with Gasteiger partial charge >= 0.3 is 0 Å². The Morgan fingerprint density at radius 2 is 1.81 bits per heavy atom. The molecule has 0 bridgehead atoms. The Balaban J connectivity index is 1.41. The van der Waals surface area contributed by atoms with Gasteiger partial charge in [-0.2, -0.15) is 0 Å². The zero-order valence-corrected chi connectivity index (χ0v) is 17.7. The number of fused-ring (bicyclic) bond motifs is 1. The lowest BCUT2D eigenvalue weighted by molar-refractivity contribution is -0.113. The Kier molecular flexibility index (Phi) is 5.99. The van der Waals surface area contributed by atoms with Crippen LogP contribution in [0.25, 0.3) is 10.8 Å². The number of nitrogen functional groups attached to an aromatic ring is 1. The minimum absolute atomic E-state index is 0.0552. The molecule has 0 aliphatic rings. The van der Waals surface area contributed by atoms with Crippen molar-refractivity contribution in [2.45, 2.75) is 18.5 Å². The first-order chi connectivity index (χ1) is 15.0. The van der Waals surface area contributed by atoms with Gasteiger partial charge in [0.25, 0.3) is 0 Å². The van der Waals surface area contributed by atoms with E-state index in [4.69, 9.17) is 5.84 Å². The van der Waals surface area contributed by atoms with Crippen LogP contribution in [-0.2, 0) is 11.2 Å². The quantitative estimate of drug-likeness (QED) is 0.263. The van der Waals surface area contributed by atoms with Gasteiger partial charge in [0.15, 0.2) is 11.6 Å². The molecule has 3 N–H and O–H groups in total. The predicted molar refractivity (Wildman–Crippen MR) is 123 cm³/mol. The number of carbonyl (C=O) groups is 2. The van der Waals surface area contributed by atoms with Gasteiger partial charge in [-0.25, -0.2) is 4.68 Å². The summed E-state index contributed by atoms with van der Waals surface area (Å²) in [7, 11) is 0. The normalized spacial score (nSPS) is 10.9. The van der Waals surface area contributed by atoms with Crippen molar-refractivity contribution in [3.05, 3.63) is 83.7 Å². The van der Waals surface area contributed by atoms with Gasteiger partial charge in [0.05, 0.1) is 5.75 Å². The van der Waals surface area contributed by atoms with Crippen molar-refractivity contribution in [1.82, 2.24) is 14.9 Å². The van der Waals surface area contributed by atoms with Crippen molar-refractivity contribution in [1.29, 1.82) is 0 Å². The largest absolute Gasteiger partial charge is 0.336 e. The van der Waals surface area contributed by atoms with E-state index in [1.54, 1.807) is 24.3 Å². The zero-order valence-electron chi connectivity index (χ0n) is 16.9. The Labute approximate surface area is 183 Å². The first-order valence-electron chi connectivity index (χ1n) is 9.71. The number of ketones is 1. The number of rotatable bonds is 7. The number of amides is 1. The van der Waals surface area contributed by atoms with Gasteiger partial charge in [-0.15, -0.1) is 10.2 Å². The number of hydrogen-bond donors (Lipinski definition) is 2. The van der Waals surface area contributed by atoms with E-state index in [0.29, 0.717) is 28.7 Å². The SMILES string of the molecule is CC(=O)c1cccc(NC(=O)CSc2nnc(Cc3cccc4ccccc34)n2N)c1. The number of nitrogens with zero attached hydrogens (tertiary/aromatic N) is 3. The molecular formula is C23H21N5O2S. The van der Waals surface area contributed by atoms with Crippen molar-refractivity contribution < 1.29 is 9.59 Å². The number of nitrogens with two attached hydrogens (primary N) is 1. The number of nitrogens with one attached hydrogen (secondary N) is 1. The highest BCUT2D eigenvalue weighted by atomic mass is 32.2. The van der Waals surface area contributed by atoms with Crippen LogP contribution in [0.4, 0.5) is 5.69 Å². The van der Waals surface area contributed by atoms with Gasteiger partial charge in [-0.05, 0) is 35.4 Å². The monoisotopic (exact) mass is 431 g/mol. The second kappa shape index (κ2) is 9.01. The lowest BCUT2D eigenvalue weighted by atomic mass is 10.0. The summed E-state index contributed by atoms with van der Waals surface area (Å²) in [6.07, 6.45) is 0.537. The molecule has 4 rings (SSSR count). The van der Waals surface area contributed by atoms with Gasteiger partial charge < -0.3 is 11.2 Å². The Morgan fingerprint density at radius 1 is 1.03 bits per heavy atom. The highest BCUT2D eigenvalue weighted by molar-refractivity contribution is 7.99. The van der Waals surface area contributed by atoms with E-state index in [2.05, 4.69) is 33.7 Å². The fourth-order valence-electron chi connectivity index (χ4n) is 3.29. The smallest absolute Gasteiger partial charge is 0.234 e. The summed E-state index contributed by atoms with van der Waals surface area (Å²) in [5, 5.41) is 13.9. The van der Waals surface area contributed by atoms with Crippen molar-refractivity contribution in [3.63, 3.8) is 0 Å². The molecule has 0 saturated heterocycles. The fraction of sp³-hybridized carbons (Fsp3) is 0.130. The van der Waals surface area contributed by atoms with E-state index in [1.807, 2.05) is 24.3 Å². The molecule has 156 valence electrons. The van der Waals surface area contributed by atoms with E-state index in [1.165, 1.54) is 23.4 Å². The third-order valence-corrected chi connectivity index (χ3v) is 5.79. The molecule has 1 amide bonds. The summed E-state index contributed by atoms with van der Waals surface area (Å²) in [5.74, 6) is 6.65. The summed E-state index contributed by atoms with van der Waals surface area (Å²) < 4.78 is 1.43. The maximum atomic E-state index is 12.3.